The van der Waals surface area contributed by atoms with E-state index in [1.807, 2.05) is 6.92 Å². The molecule has 0 aliphatic rings. The first-order valence-electron chi connectivity index (χ1n) is 7.07. The van der Waals surface area contributed by atoms with Crippen LogP contribution in [-0.2, 0) is 14.8 Å². The normalized spacial score (nSPS) is 11.2. The summed E-state index contributed by atoms with van der Waals surface area (Å²) in [5.41, 5.74) is 1.46. The average Bonchev–Trinajstić information content (AvgIpc) is 2.51. The van der Waals surface area contributed by atoms with Gasteiger partial charge in [0.25, 0.3) is 0 Å². The highest BCUT2D eigenvalue weighted by Crippen LogP contribution is 2.33. The van der Waals surface area contributed by atoms with Crippen LogP contribution in [0.25, 0.3) is 0 Å². The van der Waals surface area contributed by atoms with Gasteiger partial charge in [-0.2, -0.15) is 0 Å². The predicted molar refractivity (Wildman–Crippen MR) is 103 cm³/mol. The zero-order chi connectivity index (χ0) is 18.8. The highest BCUT2D eigenvalue weighted by molar-refractivity contribution is 7.92. The van der Waals surface area contributed by atoms with Crippen LogP contribution in [0.4, 0.5) is 11.4 Å². The van der Waals surface area contributed by atoms with Crippen LogP contribution in [0, 0.1) is 6.92 Å². The van der Waals surface area contributed by atoms with Gasteiger partial charge in [-0.25, -0.2) is 8.42 Å². The van der Waals surface area contributed by atoms with Gasteiger partial charge in [-0.05, 0) is 36.8 Å². The molecule has 0 spiro atoms. The number of hydrogen-bond acceptors (Lipinski definition) is 3. The number of sulfonamides is 1. The van der Waals surface area contributed by atoms with Crippen molar-refractivity contribution in [3.05, 3.63) is 57.0 Å². The van der Waals surface area contributed by atoms with E-state index < -0.39 is 22.5 Å². The summed E-state index contributed by atoms with van der Waals surface area (Å²) in [4.78, 5) is 12.3. The van der Waals surface area contributed by atoms with Crippen molar-refractivity contribution in [1.82, 2.24) is 0 Å². The number of carbonyl (C=O) groups is 1. The van der Waals surface area contributed by atoms with Gasteiger partial charge in [0, 0.05) is 10.7 Å². The number of rotatable bonds is 5. The molecule has 0 aliphatic heterocycles. The van der Waals surface area contributed by atoms with Crippen molar-refractivity contribution in [2.45, 2.75) is 6.92 Å². The smallest absolute Gasteiger partial charge is 0.245 e. The third kappa shape index (κ3) is 5.01. The van der Waals surface area contributed by atoms with Crippen molar-refractivity contribution < 1.29 is 13.2 Å². The lowest BCUT2D eigenvalue weighted by molar-refractivity contribution is -0.114. The lowest BCUT2D eigenvalue weighted by atomic mass is 10.2. The molecular weight excluding hydrogens is 407 g/mol. The topological polar surface area (TPSA) is 66.5 Å². The quantitative estimate of drug-likeness (QED) is 0.780. The van der Waals surface area contributed by atoms with Crippen LogP contribution in [0.1, 0.15) is 5.56 Å². The van der Waals surface area contributed by atoms with E-state index in [1.54, 1.807) is 24.3 Å². The van der Waals surface area contributed by atoms with E-state index in [9.17, 15) is 13.2 Å². The molecule has 25 heavy (non-hydrogen) atoms. The van der Waals surface area contributed by atoms with Gasteiger partial charge in [0.2, 0.25) is 15.9 Å². The van der Waals surface area contributed by atoms with Gasteiger partial charge in [-0.1, -0.05) is 46.9 Å². The molecule has 134 valence electrons. The van der Waals surface area contributed by atoms with Gasteiger partial charge in [0.15, 0.2) is 0 Å². The molecule has 0 aromatic heterocycles. The number of nitrogens with one attached hydrogen (secondary N) is 1. The Bertz CT molecular complexity index is 917. The number of hydrogen-bond donors (Lipinski definition) is 1. The molecule has 0 heterocycles. The lowest BCUT2D eigenvalue weighted by Crippen LogP contribution is -2.37. The number of aryl methyl sites for hydroxylation is 1. The maximum atomic E-state index is 12.3. The van der Waals surface area contributed by atoms with Gasteiger partial charge in [-0.3, -0.25) is 9.10 Å². The highest BCUT2D eigenvalue weighted by Gasteiger charge is 2.24. The van der Waals surface area contributed by atoms with Crippen molar-refractivity contribution in [2.24, 2.45) is 0 Å². The van der Waals surface area contributed by atoms with Crippen LogP contribution < -0.4 is 9.62 Å². The number of amides is 1. The molecule has 0 radical (unpaired) electrons. The molecule has 2 aromatic carbocycles. The second-order valence-electron chi connectivity index (χ2n) is 5.35. The second-order valence-corrected chi connectivity index (χ2v) is 8.45. The molecule has 0 saturated heterocycles. The Morgan fingerprint density at radius 1 is 1.12 bits per heavy atom. The first-order valence-corrected chi connectivity index (χ1v) is 10.1. The zero-order valence-corrected chi connectivity index (χ0v) is 16.5. The molecule has 0 fully saturated rings. The van der Waals surface area contributed by atoms with Gasteiger partial charge in [-0.15, -0.1) is 0 Å². The first kappa shape index (κ1) is 19.8. The van der Waals surface area contributed by atoms with Crippen molar-refractivity contribution >= 4 is 62.1 Å². The van der Waals surface area contributed by atoms with Crippen molar-refractivity contribution in [3.63, 3.8) is 0 Å². The molecule has 5 nitrogen and oxygen atoms in total. The summed E-state index contributed by atoms with van der Waals surface area (Å²) >= 11 is 18.0. The molecule has 2 aromatic rings. The van der Waals surface area contributed by atoms with Crippen molar-refractivity contribution in [2.75, 3.05) is 22.4 Å². The Hall–Kier alpha value is -1.47. The van der Waals surface area contributed by atoms with Gasteiger partial charge < -0.3 is 5.32 Å². The zero-order valence-electron chi connectivity index (χ0n) is 13.4. The summed E-state index contributed by atoms with van der Waals surface area (Å²) in [5, 5.41) is 3.36. The first-order chi connectivity index (χ1) is 11.6. The number of benzene rings is 2. The minimum Gasteiger partial charge on any atom is -0.324 e. The largest absolute Gasteiger partial charge is 0.324 e. The molecule has 0 unspecified atom stereocenters. The minimum absolute atomic E-state index is 0.0563. The fourth-order valence-corrected chi connectivity index (χ4v) is 3.56. The molecule has 0 aliphatic carbocycles. The van der Waals surface area contributed by atoms with Crippen molar-refractivity contribution in [3.8, 4) is 0 Å². The summed E-state index contributed by atoms with van der Waals surface area (Å²) in [6.07, 6.45) is 0.986. The SMILES string of the molecule is Cc1ccc(NC(=O)CN(c2cccc(Cl)c2Cl)S(C)(=O)=O)cc1Cl. The number of nitrogens with zero attached hydrogens (tertiary/aromatic N) is 1. The summed E-state index contributed by atoms with van der Waals surface area (Å²) in [7, 11) is -3.76. The predicted octanol–water partition coefficient (Wildman–Crippen LogP) is 4.36. The van der Waals surface area contributed by atoms with E-state index in [0.29, 0.717) is 10.7 Å². The highest BCUT2D eigenvalue weighted by atomic mass is 35.5. The van der Waals surface area contributed by atoms with Crippen LogP contribution in [0.5, 0.6) is 0 Å². The molecule has 9 heteroatoms. The molecule has 0 atom stereocenters. The maximum Gasteiger partial charge on any atom is 0.245 e. The number of anilines is 2. The monoisotopic (exact) mass is 420 g/mol. The summed E-state index contributed by atoms with van der Waals surface area (Å²) < 4.78 is 25.1. The fourth-order valence-electron chi connectivity index (χ4n) is 2.07. The van der Waals surface area contributed by atoms with E-state index in [-0.39, 0.29) is 15.7 Å². The van der Waals surface area contributed by atoms with Crippen LogP contribution in [0.3, 0.4) is 0 Å². The standard InChI is InChI=1S/C16H15Cl3N2O3S/c1-10-6-7-11(8-13(10)18)20-15(22)9-21(25(2,23)24)14-5-3-4-12(17)16(14)19/h3-8H,9H2,1-2H3,(H,20,22). The number of carbonyl (C=O) groups excluding carboxylic acids is 1. The molecule has 1 amide bonds. The van der Waals surface area contributed by atoms with Crippen LogP contribution >= 0.6 is 34.8 Å². The van der Waals surface area contributed by atoms with Gasteiger partial charge in [0.05, 0.1) is 22.0 Å². The van der Waals surface area contributed by atoms with Gasteiger partial charge in [0.1, 0.15) is 6.54 Å². The fraction of sp³-hybridized carbons (Fsp3) is 0.188. The Balaban J connectivity index is 2.27. The maximum absolute atomic E-state index is 12.3. The van der Waals surface area contributed by atoms with Gasteiger partial charge >= 0.3 is 0 Å². The van der Waals surface area contributed by atoms with Crippen LogP contribution in [-0.4, -0.2) is 27.1 Å². The summed E-state index contributed by atoms with van der Waals surface area (Å²) in [6.45, 7) is 1.38. The van der Waals surface area contributed by atoms with Crippen molar-refractivity contribution in [1.29, 1.82) is 0 Å². The average molecular weight is 422 g/mol. The molecule has 0 saturated carbocycles. The minimum atomic E-state index is -3.76. The lowest BCUT2D eigenvalue weighted by Gasteiger charge is -2.23. The molecule has 1 N–H and O–H groups in total. The Morgan fingerprint density at radius 3 is 2.40 bits per heavy atom. The Kier molecular flexibility index (Phi) is 6.21. The third-order valence-corrected chi connectivity index (χ3v) is 5.69. The van der Waals surface area contributed by atoms with E-state index >= 15 is 0 Å². The van der Waals surface area contributed by atoms with E-state index in [1.165, 1.54) is 12.1 Å². The molecule has 0 bridgehead atoms. The Morgan fingerprint density at radius 2 is 1.80 bits per heavy atom. The summed E-state index contributed by atoms with van der Waals surface area (Å²) in [6, 6.07) is 9.58. The van der Waals surface area contributed by atoms with E-state index in [0.717, 1.165) is 16.1 Å². The number of halogens is 3. The third-order valence-electron chi connectivity index (χ3n) is 3.34. The van der Waals surface area contributed by atoms with Crippen LogP contribution in [0.15, 0.2) is 36.4 Å². The van der Waals surface area contributed by atoms with Crippen LogP contribution in [0.2, 0.25) is 15.1 Å². The van der Waals surface area contributed by atoms with E-state index in [4.69, 9.17) is 34.8 Å². The molecular formula is C16H15Cl3N2O3S. The molecule has 2 rings (SSSR count). The Labute approximate surface area is 161 Å². The summed E-state index contributed by atoms with van der Waals surface area (Å²) in [5.74, 6) is -0.540. The van der Waals surface area contributed by atoms with E-state index in [2.05, 4.69) is 5.32 Å². The second kappa shape index (κ2) is 7.83.